The maximum absolute atomic E-state index is 12.8. The molecule has 172 valence electrons. The summed E-state index contributed by atoms with van der Waals surface area (Å²) in [6.07, 6.45) is 4.11. The number of nitrogens with zero attached hydrogens (tertiary/aromatic N) is 1. The summed E-state index contributed by atoms with van der Waals surface area (Å²) in [6.45, 7) is -0.874. The number of benzene rings is 1. The number of nitrogens with two attached hydrogens (primary N) is 3. The van der Waals surface area contributed by atoms with E-state index in [4.69, 9.17) is 22.7 Å². The van der Waals surface area contributed by atoms with Crippen LogP contribution in [-0.4, -0.2) is 30.9 Å². The van der Waals surface area contributed by atoms with Gasteiger partial charge in [0.1, 0.15) is 11.6 Å². The number of ether oxygens (including phenoxy) is 1. The smallest absolute Gasteiger partial charge is 0.387 e. The Bertz CT molecular complexity index is 977. The zero-order chi connectivity index (χ0) is 23.1. The molecule has 1 saturated heterocycles. The third-order valence-corrected chi connectivity index (χ3v) is 5.29. The molecular weight excluding hydrogens is 418 g/mol. The molecule has 1 aliphatic heterocycles. The van der Waals surface area contributed by atoms with Gasteiger partial charge in [0.25, 0.3) is 0 Å². The molecule has 9 nitrogen and oxygen atoms in total. The second kappa shape index (κ2) is 10.7. The number of rotatable bonds is 10. The highest BCUT2D eigenvalue weighted by Gasteiger charge is 2.19. The Hall–Kier alpha value is -3.44. The second-order valence-electron chi connectivity index (χ2n) is 7.47. The molecule has 32 heavy (non-hydrogen) atoms. The fourth-order valence-corrected chi connectivity index (χ4v) is 3.68. The van der Waals surface area contributed by atoms with Gasteiger partial charge in [-0.05, 0) is 53.8 Å². The molecule has 11 heteroatoms. The van der Waals surface area contributed by atoms with Crippen LogP contribution in [0.15, 0.2) is 36.0 Å². The average Bonchev–Trinajstić information content (AvgIpc) is 3.30. The molecule has 2 aromatic rings. The van der Waals surface area contributed by atoms with Crippen molar-refractivity contribution in [1.82, 2.24) is 15.6 Å². The number of hydrazine groups is 1. The topological polar surface area (TPSA) is 160 Å². The minimum atomic E-state index is -2.91. The molecule has 1 unspecified atom stereocenters. The van der Waals surface area contributed by atoms with Crippen LogP contribution < -0.4 is 38.1 Å². The quantitative estimate of drug-likeness (QED) is 0.166. The summed E-state index contributed by atoms with van der Waals surface area (Å²) in [5.74, 6) is 6.37. The summed E-state index contributed by atoms with van der Waals surface area (Å²) in [4.78, 5) is 4.01. The minimum absolute atomic E-state index is 0.122. The highest BCUT2D eigenvalue weighted by atomic mass is 19.3. The first-order chi connectivity index (χ1) is 15.4. The van der Waals surface area contributed by atoms with Gasteiger partial charge < -0.3 is 37.7 Å². The van der Waals surface area contributed by atoms with Crippen molar-refractivity contribution in [2.75, 3.05) is 30.0 Å². The largest absolute Gasteiger partial charge is 0.434 e. The standard InChI is InChI=1S/C21H28F2N8O/c22-21(23)32-17-2-1-13(14-3-4-28-10-14)6-16(17)11-29-9-12(8-24)5-15-7-18(25)30-20(31-27)19(15)26/h1-2,6-9,14,21,24,28-29H,3-5,10-11,26-27H2,(H3,25,30,31)/b12-9-,24-8?. The number of nitrogen functional groups attached to an aromatic ring is 3. The summed E-state index contributed by atoms with van der Waals surface area (Å²) >= 11 is 0. The van der Waals surface area contributed by atoms with Crippen LogP contribution in [0.25, 0.3) is 0 Å². The molecule has 0 bridgehead atoms. The van der Waals surface area contributed by atoms with Gasteiger partial charge >= 0.3 is 6.61 Å². The van der Waals surface area contributed by atoms with E-state index in [1.165, 1.54) is 6.21 Å². The lowest BCUT2D eigenvalue weighted by Crippen LogP contribution is -2.14. The van der Waals surface area contributed by atoms with Crippen molar-refractivity contribution in [3.63, 3.8) is 0 Å². The SMILES string of the molecule is N=C/C(=C\NCc1cc(C2CCNC2)ccc1OC(F)F)Cc1cc(N)nc(NN)c1N. The van der Waals surface area contributed by atoms with Crippen molar-refractivity contribution < 1.29 is 13.5 Å². The zero-order valence-corrected chi connectivity index (χ0v) is 17.5. The Morgan fingerprint density at radius 1 is 1.31 bits per heavy atom. The Morgan fingerprint density at radius 2 is 2.12 bits per heavy atom. The summed E-state index contributed by atoms with van der Waals surface area (Å²) < 4.78 is 30.4. The first kappa shape index (κ1) is 23.2. The summed E-state index contributed by atoms with van der Waals surface area (Å²) in [7, 11) is 0. The Labute approximate surface area is 184 Å². The number of hydrogen-bond donors (Lipinski definition) is 7. The van der Waals surface area contributed by atoms with Crippen LogP contribution >= 0.6 is 0 Å². The van der Waals surface area contributed by atoms with E-state index < -0.39 is 6.61 Å². The molecule has 1 fully saturated rings. The van der Waals surface area contributed by atoms with Crippen molar-refractivity contribution in [3.8, 4) is 5.75 Å². The molecule has 0 saturated carbocycles. The van der Waals surface area contributed by atoms with Gasteiger partial charge in [0.05, 0.1) is 5.69 Å². The molecule has 1 aliphatic rings. The highest BCUT2D eigenvalue weighted by molar-refractivity contribution is 5.78. The molecule has 1 aromatic heterocycles. The van der Waals surface area contributed by atoms with Gasteiger partial charge in [0.2, 0.25) is 0 Å². The van der Waals surface area contributed by atoms with Gasteiger partial charge in [0.15, 0.2) is 5.82 Å². The van der Waals surface area contributed by atoms with Crippen LogP contribution in [0.5, 0.6) is 5.75 Å². The van der Waals surface area contributed by atoms with Gasteiger partial charge in [-0.15, -0.1) is 0 Å². The summed E-state index contributed by atoms with van der Waals surface area (Å²) in [5.41, 5.74) is 17.5. The lowest BCUT2D eigenvalue weighted by molar-refractivity contribution is -0.0504. The van der Waals surface area contributed by atoms with Crippen LogP contribution in [-0.2, 0) is 13.0 Å². The van der Waals surface area contributed by atoms with Gasteiger partial charge in [-0.1, -0.05) is 6.07 Å². The number of anilines is 3. The maximum Gasteiger partial charge on any atom is 0.387 e. The first-order valence-corrected chi connectivity index (χ1v) is 10.1. The van der Waals surface area contributed by atoms with E-state index in [2.05, 4.69) is 25.8 Å². The predicted octanol–water partition coefficient (Wildman–Crippen LogP) is 2.08. The molecule has 1 aromatic carbocycles. The number of hydrogen-bond acceptors (Lipinski definition) is 9. The van der Waals surface area contributed by atoms with E-state index in [1.807, 2.05) is 12.1 Å². The number of halogens is 2. The lowest BCUT2D eigenvalue weighted by atomic mass is 9.96. The lowest BCUT2D eigenvalue weighted by Gasteiger charge is -2.16. The molecule has 3 rings (SSSR count). The maximum atomic E-state index is 12.8. The predicted molar refractivity (Wildman–Crippen MR) is 122 cm³/mol. The number of aromatic nitrogens is 1. The summed E-state index contributed by atoms with van der Waals surface area (Å²) in [6, 6.07) is 6.92. The third-order valence-electron chi connectivity index (χ3n) is 5.29. The monoisotopic (exact) mass is 446 g/mol. The molecule has 1 atom stereocenters. The van der Waals surface area contributed by atoms with E-state index in [0.717, 1.165) is 25.1 Å². The van der Waals surface area contributed by atoms with Crippen molar-refractivity contribution in [3.05, 3.63) is 52.7 Å². The van der Waals surface area contributed by atoms with E-state index in [1.54, 1.807) is 18.3 Å². The van der Waals surface area contributed by atoms with Gasteiger partial charge in [-0.2, -0.15) is 8.78 Å². The van der Waals surface area contributed by atoms with Crippen molar-refractivity contribution in [2.24, 2.45) is 5.84 Å². The van der Waals surface area contributed by atoms with Gasteiger partial charge in [-0.25, -0.2) is 10.8 Å². The fourth-order valence-electron chi connectivity index (χ4n) is 3.68. The summed E-state index contributed by atoms with van der Waals surface area (Å²) in [5, 5.41) is 14.1. The van der Waals surface area contributed by atoms with Crippen LogP contribution in [0, 0.1) is 5.41 Å². The van der Waals surface area contributed by atoms with E-state index in [-0.39, 0.29) is 23.9 Å². The highest BCUT2D eigenvalue weighted by Crippen LogP contribution is 2.29. The van der Waals surface area contributed by atoms with E-state index in [0.29, 0.717) is 34.7 Å². The van der Waals surface area contributed by atoms with Crippen LogP contribution in [0.3, 0.4) is 0 Å². The minimum Gasteiger partial charge on any atom is -0.434 e. The number of alkyl halides is 2. The first-order valence-electron chi connectivity index (χ1n) is 10.1. The third kappa shape index (κ3) is 5.83. The number of pyridine rings is 1. The average molecular weight is 447 g/mol. The Morgan fingerprint density at radius 3 is 2.78 bits per heavy atom. The molecule has 0 amide bonds. The molecule has 0 radical (unpaired) electrons. The normalized spacial score (nSPS) is 16.2. The molecular formula is C21H28F2N8O. The van der Waals surface area contributed by atoms with E-state index in [9.17, 15) is 8.78 Å². The van der Waals surface area contributed by atoms with Crippen LogP contribution in [0.4, 0.5) is 26.1 Å². The van der Waals surface area contributed by atoms with Crippen molar-refractivity contribution >= 4 is 23.5 Å². The van der Waals surface area contributed by atoms with Crippen molar-refractivity contribution in [2.45, 2.75) is 31.9 Å². The molecule has 0 aliphatic carbocycles. The van der Waals surface area contributed by atoms with Crippen molar-refractivity contribution in [1.29, 1.82) is 5.41 Å². The zero-order valence-electron chi connectivity index (χ0n) is 17.5. The molecule has 10 N–H and O–H groups in total. The Kier molecular flexibility index (Phi) is 7.79. The van der Waals surface area contributed by atoms with Crippen LogP contribution in [0.2, 0.25) is 0 Å². The second-order valence-corrected chi connectivity index (χ2v) is 7.47. The Balaban J connectivity index is 1.76. The molecule has 0 spiro atoms. The number of nitrogens with one attached hydrogen (secondary N) is 4. The van der Waals surface area contributed by atoms with E-state index >= 15 is 0 Å². The van der Waals surface area contributed by atoms with Gasteiger partial charge in [-0.3, -0.25) is 0 Å². The van der Waals surface area contributed by atoms with Crippen LogP contribution in [0.1, 0.15) is 29.0 Å². The van der Waals surface area contributed by atoms with Gasteiger partial charge in [0, 0.05) is 37.5 Å². The fraction of sp³-hybridized carbons (Fsp3) is 0.333. The molecule has 2 heterocycles. The number of allylic oxidation sites excluding steroid dienone is 1.